The smallest absolute Gasteiger partial charge is 0.0406 e. The fourth-order valence-corrected chi connectivity index (χ4v) is 3.80. The van der Waals surface area contributed by atoms with E-state index in [0.717, 1.165) is 10.9 Å². The average Bonchev–Trinajstić information content (AvgIpc) is 2.38. The summed E-state index contributed by atoms with van der Waals surface area (Å²) >= 11 is 8.05. The molecule has 1 aromatic rings. The van der Waals surface area contributed by atoms with E-state index >= 15 is 0 Å². The van der Waals surface area contributed by atoms with Crippen molar-refractivity contribution >= 4 is 23.4 Å². The van der Waals surface area contributed by atoms with Gasteiger partial charge in [0.05, 0.1) is 0 Å². The van der Waals surface area contributed by atoms with E-state index in [1.165, 1.54) is 36.6 Å². The summed E-state index contributed by atoms with van der Waals surface area (Å²) in [6, 6.07) is 8.47. The minimum atomic E-state index is 0.706. The zero-order chi connectivity index (χ0) is 13.0. The minimum absolute atomic E-state index is 0.706. The van der Waals surface area contributed by atoms with Crippen molar-refractivity contribution in [1.82, 2.24) is 4.90 Å². The van der Waals surface area contributed by atoms with Gasteiger partial charge in [-0.2, -0.15) is 11.8 Å². The third kappa shape index (κ3) is 3.66. The number of halogens is 1. The SMILES string of the molecule is CCSC[C@H]1CN(C)CC[C@@H]1c1ccc(Cl)cc1. The predicted octanol–water partition coefficient (Wildman–Crippen LogP) is 4.13. The molecule has 0 aliphatic carbocycles. The van der Waals surface area contributed by atoms with E-state index in [9.17, 15) is 0 Å². The maximum absolute atomic E-state index is 5.98. The van der Waals surface area contributed by atoms with Gasteiger partial charge in [0.2, 0.25) is 0 Å². The molecule has 100 valence electrons. The third-order valence-electron chi connectivity index (χ3n) is 3.77. The number of likely N-dealkylation sites (tertiary alicyclic amines) is 1. The van der Waals surface area contributed by atoms with Gasteiger partial charge in [0, 0.05) is 11.6 Å². The van der Waals surface area contributed by atoms with Gasteiger partial charge in [-0.05, 0) is 61.1 Å². The Morgan fingerprint density at radius 3 is 2.72 bits per heavy atom. The Bertz CT molecular complexity index is 365. The Morgan fingerprint density at radius 1 is 1.33 bits per heavy atom. The van der Waals surface area contributed by atoms with Gasteiger partial charge in [0.15, 0.2) is 0 Å². The highest BCUT2D eigenvalue weighted by Gasteiger charge is 2.28. The first kappa shape index (κ1) is 14.2. The quantitative estimate of drug-likeness (QED) is 0.817. The molecule has 0 aromatic heterocycles. The first-order valence-corrected chi connectivity index (χ1v) is 8.25. The fraction of sp³-hybridized carbons (Fsp3) is 0.600. The lowest BCUT2D eigenvalue weighted by Gasteiger charge is -2.37. The fourth-order valence-electron chi connectivity index (χ4n) is 2.80. The van der Waals surface area contributed by atoms with Gasteiger partial charge in [0.25, 0.3) is 0 Å². The van der Waals surface area contributed by atoms with Crippen LogP contribution in [0.2, 0.25) is 5.02 Å². The van der Waals surface area contributed by atoms with Gasteiger partial charge in [-0.1, -0.05) is 30.7 Å². The first-order valence-electron chi connectivity index (χ1n) is 6.72. The summed E-state index contributed by atoms with van der Waals surface area (Å²) in [6.45, 7) is 4.68. The van der Waals surface area contributed by atoms with Gasteiger partial charge in [-0.3, -0.25) is 0 Å². The molecule has 0 N–H and O–H groups in total. The molecule has 0 spiro atoms. The summed E-state index contributed by atoms with van der Waals surface area (Å²) in [5.74, 6) is 3.97. The predicted molar refractivity (Wildman–Crippen MR) is 82.8 cm³/mol. The lowest BCUT2D eigenvalue weighted by molar-refractivity contribution is 0.198. The molecule has 0 saturated carbocycles. The molecule has 0 unspecified atom stereocenters. The summed E-state index contributed by atoms with van der Waals surface area (Å²) < 4.78 is 0. The van der Waals surface area contributed by atoms with Crippen LogP contribution in [0.4, 0.5) is 0 Å². The molecule has 1 aromatic carbocycles. The zero-order valence-electron chi connectivity index (χ0n) is 11.2. The highest BCUT2D eigenvalue weighted by molar-refractivity contribution is 7.99. The molecular formula is C15H22ClNS. The number of hydrogen-bond acceptors (Lipinski definition) is 2. The third-order valence-corrected chi connectivity index (χ3v) is 5.10. The van der Waals surface area contributed by atoms with Crippen molar-refractivity contribution in [2.75, 3.05) is 31.6 Å². The van der Waals surface area contributed by atoms with Crippen LogP contribution >= 0.6 is 23.4 Å². The van der Waals surface area contributed by atoms with Crippen LogP contribution in [0.25, 0.3) is 0 Å². The number of benzene rings is 1. The topological polar surface area (TPSA) is 3.24 Å². The van der Waals surface area contributed by atoms with Crippen LogP contribution in [0.15, 0.2) is 24.3 Å². The summed E-state index contributed by atoms with van der Waals surface area (Å²) in [5.41, 5.74) is 1.47. The van der Waals surface area contributed by atoms with Crippen molar-refractivity contribution < 1.29 is 0 Å². The minimum Gasteiger partial charge on any atom is -0.306 e. The zero-order valence-corrected chi connectivity index (χ0v) is 12.8. The van der Waals surface area contributed by atoms with Crippen molar-refractivity contribution in [3.8, 4) is 0 Å². The van der Waals surface area contributed by atoms with Gasteiger partial charge >= 0.3 is 0 Å². The number of rotatable bonds is 4. The number of hydrogen-bond donors (Lipinski definition) is 0. The number of piperidine rings is 1. The standard InChI is InChI=1S/C15H22ClNS/c1-3-18-11-13-10-17(2)9-8-15(13)12-4-6-14(16)7-5-12/h4-7,13,15H,3,8-11H2,1-2H3/t13-,15-/m1/s1. The van der Waals surface area contributed by atoms with Crippen LogP contribution in [-0.2, 0) is 0 Å². The summed E-state index contributed by atoms with van der Waals surface area (Å²) in [6.07, 6.45) is 1.27. The van der Waals surface area contributed by atoms with E-state index in [-0.39, 0.29) is 0 Å². The van der Waals surface area contributed by atoms with Crippen molar-refractivity contribution in [2.45, 2.75) is 19.3 Å². The maximum Gasteiger partial charge on any atom is 0.0406 e. The average molecular weight is 284 g/mol. The highest BCUT2D eigenvalue weighted by Crippen LogP contribution is 2.35. The van der Waals surface area contributed by atoms with E-state index in [1.807, 2.05) is 12.1 Å². The monoisotopic (exact) mass is 283 g/mol. The van der Waals surface area contributed by atoms with E-state index in [2.05, 4.69) is 42.8 Å². The molecule has 0 amide bonds. The summed E-state index contributed by atoms with van der Waals surface area (Å²) in [5, 5.41) is 0.839. The molecule has 1 aliphatic heterocycles. The summed E-state index contributed by atoms with van der Waals surface area (Å²) in [7, 11) is 2.24. The van der Waals surface area contributed by atoms with E-state index in [0.29, 0.717) is 5.92 Å². The maximum atomic E-state index is 5.98. The Labute approximate surface area is 120 Å². The lowest BCUT2D eigenvalue weighted by atomic mass is 9.81. The molecule has 2 atom stereocenters. The Hall–Kier alpha value is -0.180. The van der Waals surface area contributed by atoms with Crippen LogP contribution < -0.4 is 0 Å². The Balaban J connectivity index is 2.09. The van der Waals surface area contributed by atoms with Crippen LogP contribution in [0.1, 0.15) is 24.8 Å². The molecule has 0 radical (unpaired) electrons. The molecule has 1 nitrogen and oxygen atoms in total. The first-order chi connectivity index (χ1) is 8.70. The van der Waals surface area contributed by atoms with E-state index in [4.69, 9.17) is 11.6 Å². The Kier molecular flexibility index (Phi) is 5.40. The van der Waals surface area contributed by atoms with Crippen molar-refractivity contribution in [1.29, 1.82) is 0 Å². The van der Waals surface area contributed by atoms with Gasteiger partial charge in [0.1, 0.15) is 0 Å². The molecule has 2 rings (SSSR count). The molecule has 3 heteroatoms. The van der Waals surface area contributed by atoms with E-state index < -0.39 is 0 Å². The van der Waals surface area contributed by atoms with Crippen molar-refractivity contribution in [2.24, 2.45) is 5.92 Å². The summed E-state index contributed by atoms with van der Waals surface area (Å²) in [4.78, 5) is 2.47. The van der Waals surface area contributed by atoms with Crippen LogP contribution in [-0.4, -0.2) is 36.5 Å². The molecule has 1 fully saturated rings. The number of nitrogens with zero attached hydrogens (tertiary/aromatic N) is 1. The van der Waals surface area contributed by atoms with Gasteiger partial charge in [-0.15, -0.1) is 0 Å². The van der Waals surface area contributed by atoms with Crippen LogP contribution in [0.3, 0.4) is 0 Å². The second-order valence-corrected chi connectivity index (χ2v) is 6.88. The molecule has 1 heterocycles. The highest BCUT2D eigenvalue weighted by atomic mass is 35.5. The second kappa shape index (κ2) is 6.83. The van der Waals surface area contributed by atoms with Crippen molar-refractivity contribution in [3.05, 3.63) is 34.9 Å². The number of thioether (sulfide) groups is 1. The molecule has 1 saturated heterocycles. The van der Waals surface area contributed by atoms with Gasteiger partial charge < -0.3 is 4.90 Å². The molecule has 1 aliphatic rings. The van der Waals surface area contributed by atoms with Crippen LogP contribution in [0, 0.1) is 5.92 Å². The van der Waals surface area contributed by atoms with Crippen molar-refractivity contribution in [3.63, 3.8) is 0 Å². The Morgan fingerprint density at radius 2 is 2.06 bits per heavy atom. The normalized spacial score (nSPS) is 25.3. The molecular weight excluding hydrogens is 262 g/mol. The largest absolute Gasteiger partial charge is 0.306 e. The van der Waals surface area contributed by atoms with E-state index in [1.54, 1.807) is 0 Å². The van der Waals surface area contributed by atoms with Crippen LogP contribution in [0.5, 0.6) is 0 Å². The lowest BCUT2D eigenvalue weighted by Crippen LogP contribution is -2.38. The molecule has 0 bridgehead atoms. The second-order valence-electron chi connectivity index (χ2n) is 5.13. The van der Waals surface area contributed by atoms with Gasteiger partial charge in [-0.25, -0.2) is 0 Å². The molecule has 18 heavy (non-hydrogen) atoms.